The van der Waals surface area contributed by atoms with Crippen molar-refractivity contribution in [1.82, 2.24) is 10.3 Å². The van der Waals surface area contributed by atoms with Gasteiger partial charge in [0.1, 0.15) is 6.07 Å². The van der Waals surface area contributed by atoms with Gasteiger partial charge in [-0.25, -0.2) is 4.79 Å². The summed E-state index contributed by atoms with van der Waals surface area (Å²) in [5, 5.41) is 31.3. The van der Waals surface area contributed by atoms with Crippen LogP contribution >= 0.6 is 0 Å². The lowest BCUT2D eigenvalue weighted by atomic mass is 9.76. The van der Waals surface area contributed by atoms with Crippen molar-refractivity contribution in [3.05, 3.63) is 101 Å². The van der Waals surface area contributed by atoms with Crippen molar-refractivity contribution in [2.24, 2.45) is 0 Å². The average molecular weight is 455 g/mol. The number of hydrogen-bond donors (Lipinski definition) is 3. The molecule has 0 spiro atoms. The predicted octanol–water partition coefficient (Wildman–Crippen LogP) is 3.35. The molecule has 0 aliphatic carbocycles. The molecule has 0 fully saturated rings. The molecule has 1 heterocycles. The number of nitriles is 1. The van der Waals surface area contributed by atoms with Gasteiger partial charge in [0, 0.05) is 12.6 Å². The van der Waals surface area contributed by atoms with Crippen LogP contribution in [0, 0.1) is 18.3 Å². The number of nitrogens with one attached hydrogen (secondary N) is 1. The number of amides is 1. The van der Waals surface area contributed by atoms with Crippen LogP contribution in [0.3, 0.4) is 0 Å². The Morgan fingerprint density at radius 3 is 2.62 bits per heavy atom. The van der Waals surface area contributed by atoms with Crippen molar-refractivity contribution in [2.75, 3.05) is 6.61 Å². The van der Waals surface area contributed by atoms with Crippen LogP contribution in [0.15, 0.2) is 72.9 Å². The number of pyridine rings is 1. The largest absolute Gasteiger partial charge is 0.475 e. The Kier molecular flexibility index (Phi) is 8.98. The second-order valence-corrected chi connectivity index (χ2v) is 7.87. The molecular formula is C26H26BN3O4. The predicted molar refractivity (Wildman–Crippen MR) is 131 cm³/mol. The first-order chi connectivity index (χ1) is 16.4. The smallest absolute Gasteiger partial charge is 0.449 e. The Balaban J connectivity index is 1.54. The molecule has 0 radical (unpaired) electrons. The molecule has 2 aromatic carbocycles. The molecule has 3 aromatic rings. The van der Waals surface area contributed by atoms with Gasteiger partial charge in [-0.05, 0) is 48.2 Å². The van der Waals surface area contributed by atoms with Gasteiger partial charge in [-0.2, -0.15) is 5.26 Å². The summed E-state index contributed by atoms with van der Waals surface area (Å²) in [6.45, 7) is 2.08. The normalized spacial score (nSPS) is 11.9. The molecule has 1 aromatic heterocycles. The Morgan fingerprint density at radius 1 is 1.15 bits per heavy atom. The average Bonchev–Trinajstić information content (AvgIpc) is 2.84. The Bertz CT molecular complexity index is 1160. The van der Waals surface area contributed by atoms with Crippen LogP contribution in [0.4, 0.5) is 4.79 Å². The van der Waals surface area contributed by atoms with Gasteiger partial charge in [0.2, 0.25) is 0 Å². The van der Waals surface area contributed by atoms with Gasteiger partial charge in [-0.1, -0.05) is 60.2 Å². The number of carbonyl (C=O) groups excluding carboxylic acids is 1. The highest BCUT2D eigenvalue weighted by atomic mass is 16.5. The standard InChI is InChI=1S/C26H26BN3O4/c1-19-8-10-21(11-9-19)17-25(27(32)33)30-26(31)34-14-12-20-5-4-6-22(15-20)16-23(18-28)24-7-2-3-13-29-24/h2-11,13,15-16,25,32-33H,12,14,17H2,1H3,(H,30,31)/b23-16+/t25-/m0/s1. The van der Waals surface area contributed by atoms with Gasteiger partial charge in [-0.3, -0.25) is 4.98 Å². The van der Waals surface area contributed by atoms with Gasteiger partial charge in [-0.15, -0.1) is 0 Å². The lowest BCUT2D eigenvalue weighted by molar-refractivity contribution is 0.144. The summed E-state index contributed by atoms with van der Waals surface area (Å²) in [6.07, 6.45) is 3.41. The number of carbonyl (C=O) groups is 1. The van der Waals surface area contributed by atoms with Crippen molar-refractivity contribution in [1.29, 1.82) is 5.26 Å². The van der Waals surface area contributed by atoms with E-state index in [-0.39, 0.29) is 13.0 Å². The number of alkyl carbamates (subject to hydrolysis) is 1. The lowest BCUT2D eigenvalue weighted by Crippen LogP contribution is -2.48. The van der Waals surface area contributed by atoms with E-state index in [4.69, 9.17) is 4.74 Å². The van der Waals surface area contributed by atoms with Gasteiger partial charge < -0.3 is 20.1 Å². The molecule has 172 valence electrons. The van der Waals surface area contributed by atoms with Crippen LogP contribution in [0.1, 0.15) is 27.9 Å². The SMILES string of the molecule is Cc1ccc(C[C@H](NC(=O)OCCc2cccc(/C=C(\C#N)c3ccccn3)c2)B(O)O)cc1. The summed E-state index contributed by atoms with van der Waals surface area (Å²) >= 11 is 0. The van der Waals surface area contributed by atoms with E-state index in [0.29, 0.717) is 17.7 Å². The molecule has 0 saturated carbocycles. The Labute approximate surface area is 199 Å². The number of allylic oxidation sites excluding steroid dienone is 1. The molecule has 0 saturated heterocycles. The second kappa shape index (κ2) is 12.4. The van der Waals surface area contributed by atoms with Gasteiger partial charge in [0.25, 0.3) is 0 Å². The number of aryl methyl sites for hydroxylation is 1. The zero-order chi connectivity index (χ0) is 24.3. The molecule has 0 unspecified atom stereocenters. The Hall–Kier alpha value is -3.93. The second-order valence-electron chi connectivity index (χ2n) is 7.87. The number of hydrogen-bond acceptors (Lipinski definition) is 6. The maximum absolute atomic E-state index is 12.2. The zero-order valence-electron chi connectivity index (χ0n) is 18.9. The minimum atomic E-state index is -1.72. The van der Waals surface area contributed by atoms with E-state index in [2.05, 4.69) is 16.4 Å². The molecule has 3 N–H and O–H groups in total. The summed E-state index contributed by atoms with van der Waals surface area (Å²) in [7, 11) is -1.72. The first-order valence-corrected chi connectivity index (χ1v) is 10.9. The summed E-state index contributed by atoms with van der Waals surface area (Å²) in [4.78, 5) is 16.4. The summed E-state index contributed by atoms with van der Waals surface area (Å²) < 4.78 is 5.24. The molecule has 1 atom stereocenters. The van der Waals surface area contributed by atoms with Crippen molar-refractivity contribution < 1.29 is 19.6 Å². The van der Waals surface area contributed by atoms with Crippen LogP contribution in [-0.2, 0) is 17.6 Å². The third kappa shape index (κ3) is 7.59. The number of aromatic nitrogens is 1. The minimum Gasteiger partial charge on any atom is -0.449 e. The third-order valence-corrected chi connectivity index (χ3v) is 5.19. The highest BCUT2D eigenvalue weighted by Gasteiger charge is 2.26. The lowest BCUT2D eigenvalue weighted by Gasteiger charge is -2.18. The quantitative estimate of drug-likeness (QED) is 0.337. The van der Waals surface area contributed by atoms with Crippen molar-refractivity contribution in [2.45, 2.75) is 25.7 Å². The van der Waals surface area contributed by atoms with Gasteiger partial charge >= 0.3 is 13.2 Å². The highest BCUT2D eigenvalue weighted by Crippen LogP contribution is 2.17. The first kappa shape index (κ1) is 24.7. The van der Waals surface area contributed by atoms with Gasteiger partial charge in [0.15, 0.2) is 0 Å². The monoisotopic (exact) mass is 455 g/mol. The van der Waals surface area contributed by atoms with E-state index in [0.717, 1.165) is 22.3 Å². The summed E-state index contributed by atoms with van der Waals surface area (Å²) in [5.74, 6) is -0.889. The number of benzene rings is 2. The molecule has 0 bridgehead atoms. The fraction of sp³-hybridized carbons (Fsp3) is 0.192. The topological polar surface area (TPSA) is 115 Å². The number of ether oxygens (including phenoxy) is 1. The number of rotatable bonds is 9. The summed E-state index contributed by atoms with van der Waals surface area (Å²) in [6, 6.07) is 22.8. The van der Waals surface area contributed by atoms with Crippen LogP contribution in [-0.4, -0.2) is 40.8 Å². The fourth-order valence-electron chi connectivity index (χ4n) is 3.35. The van der Waals surface area contributed by atoms with Crippen LogP contribution in [0.2, 0.25) is 0 Å². The molecule has 34 heavy (non-hydrogen) atoms. The van der Waals surface area contributed by atoms with Crippen molar-refractivity contribution >= 4 is 24.9 Å². The number of nitrogens with zero attached hydrogens (tertiary/aromatic N) is 2. The Morgan fingerprint density at radius 2 is 1.94 bits per heavy atom. The first-order valence-electron chi connectivity index (χ1n) is 10.9. The molecule has 0 aliphatic heterocycles. The maximum Gasteiger partial charge on any atom is 0.475 e. The van der Waals surface area contributed by atoms with E-state index in [1.165, 1.54) is 0 Å². The van der Waals surface area contributed by atoms with E-state index < -0.39 is 19.2 Å². The molecule has 7 nitrogen and oxygen atoms in total. The fourth-order valence-corrected chi connectivity index (χ4v) is 3.35. The van der Waals surface area contributed by atoms with E-state index in [1.807, 2.05) is 61.5 Å². The van der Waals surface area contributed by atoms with Crippen LogP contribution in [0.5, 0.6) is 0 Å². The summed E-state index contributed by atoms with van der Waals surface area (Å²) in [5.41, 5.74) is 4.79. The van der Waals surface area contributed by atoms with E-state index >= 15 is 0 Å². The van der Waals surface area contributed by atoms with Crippen molar-refractivity contribution in [3.63, 3.8) is 0 Å². The van der Waals surface area contributed by atoms with E-state index in [9.17, 15) is 20.1 Å². The molecular weight excluding hydrogens is 429 g/mol. The molecule has 8 heteroatoms. The van der Waals surface area contributed by atoms with E-state index in [1.54, 1.807) is 24.4 Å². The zero-order valence-corrected chi connectivity index (χ0v) is 18.9. The van der Waals surface area contributed by atoms with Gasteiger partial charge in [0.05, 0.1) is 23.8 Å². The maximum atomic E-state index is 12.2. The molecule has 1 amide bonds. The molecule has 3 rings (SSSR count). The van der Waals surface area contributed by atoms with Crippen LogP contribution < -0.4 is 5.32 Å². The third-order valence-electron chi connectivity index (χ3n) is 5.19. The minimum absolute atomic E-state index is 0.114. The van der Waals surface area contributed by atoms with Crippen molar-refractivity contribution in [3.8, 4) is 6.07 Å². The highest BCUT2D eigenvalue weighted by molar-refractivity contribution is 6.43. The molecule has 0 aliphatic rings. The van der Waals surface area contributed by atoms with Crippen LogP contribution in [0.25, 0.3) is 11.6 Å².